The number of nitro benzene ring substituents is 1. The van der Waals surface area contributed by atoms with Gasteiger partial charge in [0.1, 0.15) is 11.5 Å². The number of aromatic nitrogens is 3. The second-order valence-electron chi connectivity index (χ2n) is 5.71. The molecule has 1 heterocycles. The molecule has 0 saturated heterocycles. The van der Waals surface area contributed by atoms with Crippen LogP contribution in [0.3, 0.4) is 0 Å². The quantitative estimate of drug-likeness (QED) is 0.326. The van der Waals surface area contributed by atoms with Crippen LogP contribution in [0.1, 0.15) is 0 Å². The molecule has 11 heteroatoms. The van der Waals surface area contributed by atoms with E-state index in [4.69, 9.17) is 9.47 Å². The first-order chi connectivity index (χ1) is 14.0. The molecular formula is C18H17N5O5S. The number of non-ortho nitro benzene ring substituents is 1. The molecule has 0 aliphatic heterocycles. The Labute approximate surface area is 169 Å². The molecular weight excluding hydrogens is 398 g/mol. The zero-order valence-electron chi connectivity index (χ0n) is 15.5. The molecule has 3 rings (SSSR count). The smallest absolute Gasteiger partial charge is 0.269 e. The van der Waals surface area contributed by atoms with Gasteiger partial charge >= 0.3 is 0 Å². The average Bonchev–Trinajstić information content (AvgIpc) is 3.21. The summed E-state index contributed by atoms with van der Waals surface area (Å²) in [6.07, 6.45) is 0. The summed E-state index contributed by atoms with van der Waals surface area (Å²) in [5.41, 5.74) is 1.16. The topological polar surface area (TPSA) is 132 Å². The van der Waals surface area contributed by atoms with Crippen LogP contribution in [0.25, 0.3) is 11.4 Å². The highest BCUT2D eigenvalue weighted by Crippen LogP contribution is 2.28. The van der Waals surface area contributed by atoms with Gasteiger partial charge in [-0.25, -0.2) is 4.98 Å². The van der Waals surface area contributed by atoms with E-state index in [1.54, 1.807) is 32.4 Å². The van der Waals surface area contributed by atoms with Crippen LogP contribution in [0, 0.1) is 10.1 Å². The molecule has 3 aromatic rings. The van der Waals surface area contributed by atoms with Crippen LogP contribution in [0.5, 0.6) is 11.5 Å². The van der Waals surface area contributed by atoms with Gasteiger partial charge in [0, 0.05) is 29.4 Å². The summed E-state index contributed by atoms with van der Waals surface area (Å²) in [7, 11) is 3.12. The molecule has 0 atom stereocenters. The standard InChI is InChI=1S/C18H17N5O5S/c1-27-14-7-11(8-15(9-14)28-2)17-20-18(22-21-17)29-10-16(24)19-12-3-5-13(6-4-12)23(25)26/h3-9H,10H2,1-2H3,(H,19,24)(H,20,21,22). The number of aromatic amines is 1. The van der Waals surface area contributed by atoms with Gasteiger partial charge in [-0.2, -0.15) is 0 Å². The lowest BCUT2D eigenvalue weighted by atomic mass is 10.2. The van der Waals surface area contributed by atoms with Gasteiger partial charge in [-0.1, -0.05) is 11.8 Å². The molecule has 1 aromatic heterocycles. The molecule has 0 fully saturated rings. The van der Waals surface area contributed by atoms with Crippen molar-refractivity contribution in [1.82, 2.24) is 15.2 Å². The number of hydrogen-bond donors (Lipinski definition) is 2. The fraction of sp³-hybridized carbons (Fsp3) is 0.167. The summed E-state index contributed by atoms with van der Waals surface area (Å²) in [6, 6.07) is 10.9. The van der Waals surface area contributed by atoms with Crippen molar-refractivity contribution in [2.75, 3.05) is 25.3 Å². The lowest BCUT2D eigenvalue weighted by molar-refractivity contribution is -0.384. The Morgan fingerprint density at radius 2 is 1.83 bits per heavy atom. The number of nitrogens with zero attached hydrogens (tertiary/aromatic N) is 3. The minimum absolute atomic E-state index is 0.0419. The Bertz CT molecular complexity index is 999. The molecule has 150 valence electrons. The number of anilines is 1. The molecule has 0 unspecified atom stereocenters. The SMILES string of the molecule is COc1cc(OC)cc(-c2nc(SCC(=O)Nc3ccc([N+](=O)[O-])cc3)n[nH]2)c1. The Balaban J connectivity index is 1.60. The van der Waals surface area contributed by atoms with Gasteiger partial charge < -0.3 is 14.8 Å². The van der Waals surface area contributed by atoms with Crippen molar-refractivity contribution in [2.45, 2.75) is 5.16 Å². The summed E-state index contributed by atoms with van der Waals surface area (Å²) in [5, 5.41) is 20.7. The van der Waals surface area contributed by atoms with E-state index in [1.807, 2.05) is 0 Å². The number of nitrogens with one attached hydrogen (secondary N) is 2. The lowest BCUT2D eigenvalue weighted by Crippen LogP contribution is -2.14. The van der Waals surface area contributed by atoms with Gasteiger partial charge in [0.2, 0.25) is 11.1 Å². The fourth-order valence-electron chi connectivity index (χ4n) is 2.38. The van der Waals surface area contributed by atoms with Crippen molar-refractivity contribution in [3.8, 4) is 22.9 Å². The van der Waals surface area contributed by atoms with Crippen LogP contribution in [0.2, 0.25) is 0 Å². The summed E-state index contributed by atoms with van der Waals surface area (Å²) in [6.45, 7) is 0. The number of ether oxygens (including phenoxy) is 2. The predicted octanol–water partition coefficient (Wildman–Crippen LogP) is 3.13. The van der Waals surface area contributed by atoms with E-state index in [-0.39, 0.29) is 17.3 Å². The Kier molecular flexibility index (Phi) is 6.29. The molecule has 0 radical (unpaired) electrons. The maximum absolute atomic E-state index is 12.1. The van der Waals surface area contributed by atoms with Gasteiger partial charge in [0.05, 0.1) is 24.9 Å². The van der Waals surface area contributed by atoms with Crippen molar-refractivity contribution in [3.05, 3.63) is 52.6 Å². The van der Waals surface area contributed by atoms with E-state index < -0.39 is 4.92 Å². The van der Waals surface area contributed by atoms with E-state index in [0.717, 1.165) is 17.3 Å². The largest absolute Gasteiger partial charge is 0.497 e. The Hall–Kier alpha value is -3.60. The summed E-state index contributed by atoms with van der Waals surface area (Å²) in [5.74, 6) is 1.55. The van der Waals surface area contributed by atoms with Crippen molar-refractivity contribution in [1.29, 1.82) is 0 Å². The fourth-order valence-corrected chi connectivity index (χ4v) is 2.98. The highest BCUT2D eigenvalue weighted by atomic mass is 32.2. The molecule has 10 nitrogen and oxygen atoms in total. The van der Waals surface area contributed by atoms with Crippen molar-refractivity contribution in [3.63, 3.8) is 0 Å². The third-order valence-corrected chi connectivity index (χ3v) is 4.63. The number of carbonyl (C=O) groups excluding carboxylic acids is 1. The molecule has 2 N–H and O–H groups in total. The Morgan fingerprint density at radius 3 is 2.41 bits per heavy atom. The molecule has 2 aromatic carbocycles. The monoisotopic (exact) mass is 415 g/mol. The minimum Gasteiger partial charge on any atom is -0.497 e. The molecule has 0 saturated carbocycles. The normalized spacial score (nSPS) is 10.4. The minimum atomic E-state index is -0.500. The number of hydrogen-bond acceptors (Lipinski definition) is 8. The van der Waals surface area contributed by atoms with Gasteiger partial charge in [-0.15, -0.1) is 5.10 Å². The zero-order valence-corrected chi connectivity index (χ0v) is 16.4. The van der Waals surface area contributed by atoms with E-state index in [1.165, 1.54) is 24.3 Å². The first kappa shape index (κ1) is 20.1. The number of rotatable bonds is 8. The van der Waals surface area contributed by atoms with Crippen LogP contribution >= 0.6 is 11.8 Å². The first-order valence-corrected chi connectivity index (χ1v) is 9.30. The van der Waals surface area contributed by atoms with Gasteiger partial charge in [-0.3, -0.25) is 20.0 Å². The number of amides is 1. The van der Waals surface area contributed by atoms with Gasteiger partial charge in [-0.05, 0) is 24.3 Å². The maximum Gasteiger partial charge on any atom is 0.269 e. The summed E-state index contributed by atoms with van der Waals surface area (Å²) in [4.78, 5) is 26.6. The molecule has 0 spiro atoms. The van der Waals surface area contributed by atoms with Crippen LogP contribution in [-0.2, 0) is 4.79 Å². The zero-order chi connectivity index (χ0) is 20.8. The van der Waals surface area contributed by atoms with Gasteiger partial charge in [0.15, 0.2) is 5.82 Å². The number of benzene rings is 2. The summed E-state index contributed by atoms with van der Waals surface area (Å²) < 4.78 is 10.5. The lowest BCUT2D eigenvalue weighted by Gasteiger charge is -2.06. The van der Waals surface area contributed by atoms with E-state index >= 15 is 0 Å². The predicted molar refractivity (Wildman–Crippen MR) is 107 cm³/mol. The van der Waals surface area contributed by atoms with Crippen LogP contribution in [0.4, 0.5) is 11.4 Å². The molecule has 1 amide bonds. The number of methoxy groups -OCH3 is 2. The third-order valence-electron chi connectivity index (χ3n) is 3.78. The van der Waals surface area contributed by atoms with E-state index in [0.29, 0.717) is 28.2 Å². The molecule has 29 heavy (non-hydrogen) atoms. The number of carbonyl (C=O) groups is 1. The molecule has 0 aliphatic rings. The molecule has 0 aliphatic carbocycles. The van der Waals surface area contributed by atoms with Crippen LogP contribution in [0.15, 0.2) is 47.6 Å². The van der Waals surface area contributed by atoms with E-state index in [9.17, 15) is 14.9 Å². The second kappa shape index (κ2) is 9.06. The number of nitro groups is 1. The van der Waals surface area contributed by atoms with Crippen molar-refractivity contribution >= 4 is 29.0 Å². The van der Waals surface area contributed by atoms with Gasteiger partial charge in [0.25, 0.3) is 5.69 Å². The van der Waals surface area contributed by atoms with E-state index in [2.05, 4.69) is 20.5 Å². The molecule has 0 bridgehead atoms. The van der Waals surface area contributed by atoms with Crippen LogP contribution in [-0.4, -0.2) is 46.0 Å². The Morgan fingerprint density at radius 1 is 1.17 bits per heavy atom. The second-order valence-corrected chi connectivity index (χ2v) is 6.65. The maximum atomic E-state index is 12.1. The average molecular weight is 415 g/mol. The van der Waals surface area contributed by atoms with Crippen molar-refractivity contribution in [2.24, 2.45) is 0 Å². The summed E-state index contributed by atoms with van der Waals surface area (Å²) >= 11 is 1.15. The third kappa shape index (κ3) is 5.23. The number of H-pyrrole nitrogens is 1. The first-order valence-electron chi connectivity index (χ1n) is 8.31. The van der Waals surface area contributed by atoms with Crippen molar-refractivity contribution < 1.29 is 19.2 Å². The highest BCUT2D eigenvalue weighted by molar-refractivity contribution is 7.99. The highest BCUT2D eigenvalue weighted by Gasteiger charge is 2.12. The van der Waals surface area contributed by atoms with Crippen LogP contribution < -0.4 is 14.8 Å². The number of thioether (sulfide) groups is 1.